The molecule has 0 spiro atoms. The van der Waals surface area contributed by atoms with Gasteiger partial charge in [0.2, 0.25) is 0 Å². The molecule has 0 saturated carbocycles. The number of hydrogen-bond donors (Lipinski definition) is 0. The van der Waals surface area contributed by atoms with Crippen LogP contribution in [0.1, 0.15) is 6.92 Å². The fourth-order valence-electron chi connectivity index (χ4n) is 1.92. The van der Waals surface area contributed by atoms with E-state index in [0.717, 1.165) is 5.69 Å². The average Bonchev–Trinajstić information content (AvgIpc) is 2.39. The highest BCUT2D eigenvalue weighted by atomic mass is 32.2. The van der Waals surface area contributed by atoms with Gasteiger partial charge in [-0.25, -0.2) is 4.31 Å². The van der Waals surface area contributed by atoms with Gasteiger partial charge in [0.1, 0.15) is 0 Å². The van der Waals surface area contributed by atoms with Gasteiger partial charge in [0.15, 0.2) is 0 Å². The van der Waals surface area contributed by atoms with Crippen LogP contribution >= 0.6 is 11.9 Å². The van der Waals surface area contributed by atoms with Crippen molar-refractivity contribution in [3.63, 3.8) is 0 Å². The van der Waals surface area contributed by atoms with E-state index in [4.69, 9.17) is 0 Å². The van der Waals surface area contributed by atoms with Crippen LogP contribution in [0.2, 0.25) is 0 Å². The molecule has 0 bridgehead atoms. The Morgan fingerprint density at radius 3 is 2.00 bits per heavy atom. The van der Waals surface area contributed by atoms with E-state index in [1.54, 1.807) is 0 Å². The quantitative estimate of drug-likeness (QED) is 0.618. The molecule has 1 aromatic rings. The third-order valence-corrected chi connectivity index (χ3v) is 4.33. The van der Waals surface area contributed by atoms with E-state index in [0.29, 0.717) is 26.2 Å². The SMILES string of the molecule is CC(F)(F)C(F)(F)SN1CCN(c2ccccc2)CC1. The Morgan fingerprint density at radius 2 is 1.50 bits per heavy atom. The molecule has 2 nitrogen and oxygen atoms in total. The van der Waals surface area contributed by atoms with Crippen LogP contribution in [-0.4, -0.2) is 41.7 Å². The first-order chi connectivity index (χ1) is 9.29. The van der Waals surface area contributed by atoms with Crippen molar-refractivity contribution in [1.29, 1.82) is 0 Å². The second kappa shape index (κ2) is 5.81. The molecular formula is C13H16F4N2S. The van der Waals surface area contributed by atoms with Gasteiger partial charge in [-0.15, -0.1) is 0 Å². The standard InChI is InChI=1S/C13H16F4N2S/c1-12(14,15)13(16,17)20-19-9-7-18(8-10-19)11-5-3-2-4-6-11/h2-6H,7-10H2,1H3. The zero-order valence-electron chi connectivity index (χ0n) is 11.0. The molecule has 0 N–H and O–H groups in total. The van der Waals surface area contributed by atoms with Crippen LogP contribution < -0.4 is 4.90 Å². The molecule has 1 saturated heterocycles. The number of anilines is 1. The zero-order valence-corrected chi connectivity index (χ0v) is 11.8. The van der Waals surface area contributed by atoms with Gasteiger partial charge in [-0.3, -0.25) is 0 Å². The molecule has 20 heavy (non-hydrogen) atoms. The number of halogens is 4. The smallest absolute Gasteiger partial charge is 0.369 e. The molecule has 0 aliphatic carbocycles. The second-order valence-corrected chi connectivity index (χ2v) is 5.96. The summed E-state index contributed by atoms with van der Waals surface area (Å²) in [5.74, 6) is -4.02. The zero-order chi connectivity index (χ0) is 14.8. The van der Waals surface area contributed by atoms with Crippen molar-refractivity contribution < 1.29 is 17.6 Å². The first-order valence-electron chi connectivity index (χ1n) is 6.29. The van der Waals surface area contributed by atoms with Crippen LogP contribution in [0.3, 0.4) is 0 Å². The summed E-state index contributed by atoms with van der Waals surface area (Å²) in [7, 11) is 0. The Hall–Kier alpha value is -0.950. The summed E-state index contributed by atoms with van der Waals surface area (Å²) < 4.78 is 53.5. The van der Waals surface area contributed by atoms with E-state index in [2.05, 4.69) is 4.90 Å². The van der Waals surface area contributed by atoms with Crippen molar-refractivity contribution in [3.8, 4) is 0 Å². The molecule has 2 rings (SSSR count). The Labute approximate surface area is 119 Å². The van der Waals surface area contributed by atoms with Crippen molar-refractivity contribution in [1.82, 2.24) is 4.31 Å². The van der Waals surface area contributed by atoms with E-state index in [1.165, 1.54) is 4.31 Å². The van der Waals surface area contributed by atoms with E-state index in [1.807, 2.05) is 30.3 Å². The lowest BCUT2D eigenvalue weighted by molar-refractivity contribution is -0.139. The lowest BCUT2D eigenvalue weighted by Gasteiger charge is -2.37. The predicted octanol–water partition coefficient (Wildman–Crippen LogP) is 3.70. The topological polar surface area (TPSA) is 6.48 Å². The van der Waals surface area contributed by atoms with Crippen molar-refractivity contribution >= 4 is 17.6 Å². The molecule has 0 amide bonds. The summed E-state index contributed by atoms with van der Waals surface area (Å²) >= 11 is -0.0497. The van der Waals surface area contributed by atoms with Crippen LogP contribution in [0.25, 0.3) is 0 Å². The highest BCUT2D eigenvalue weighted by Gasteiger charge is 2.54. The molecule has 0 radical (unpaired) electrons. The lowest BCUT2D eigenvalue weighted by atomic mass is 10.2. The van der Waals surface area contributed by atoms with Crippen molar-refractivity contribution in [2.75, 3.05) is 31.1 Å². The summed E-state index contributed by atoms with van der Waals surface area (Å²) in [6.07, 6.45) is 0. The van der Waals surface area contributed by atoms with Gasteiger partial charge in [0.25, 0.3) is 0 Å². The van der Waals surface area contributed by atoms with Crippen LogP contribution in [0.5, 0.6) is 0 Å². The fraction of sp³-hybridized carbons (Fsp3) is 0.538. The first-order valence-corrected chi connectivity index (χ1v) is 7.07. The van der Waals surface area contributed by atoms with Gasteiger partial charge in [-0.2, -0.15) is 17.6 Å². The van der Waals surface area contributed by atoms with Crippen LogP contribution in [0.15, 0.2) is 30.3 Å². The maximum absolute atomic E-state index is 13.3. The number of hydrogen-bond acceptors (Lipinski definition) is 3. The van der Waals surface area contributed by atoms with Crippen LogP contribution in [0, 0.1) is 0 Å². The first kappa shape index (κ1) is 15.4. The second-order valence-electron chi connectivity index (χ2n) is 4.75. The molecule has 1 aliphatic heterocycles. The minimum Gasteiger partial charge on any atom is -0.369 e. The summed E-state index contributed by atoms with van der Waals surface area (Å²) in [6.45, 7) is 1.99. The molecule has 0 unspecified atom stereocenters. The average molecular weight is 308 g/mol. The highest BCUT2D eigenvalue weighted by Crippen LogP contribution is 2.44. The molecule has 1 fully saturated rings. The number of para-hydroxylation sites is 1. The lowest BCUT2D eigenvalue weighted by Crippen LogP contribution is -2.47. The largest absolute Gasteiger partial charge is 0.369 e. The molecular weight excluding hydrogens is 292 g/mol. The Morgan fingerprint density at radius 1 is 0.950 bits per heavy atom. The fourth-order valence-corrected chi connectivity index (χ4v) is 2.75. The molecule has 0 aromatic heterocycles. The number of alkyl halides is 4. The molecule has 1 aromatic carbocycles. The van der Waals surface area contributed by atoms with Crippen molar-refractivity contribution in [2.24, 2.45) is 0 Å². The third kappa shape index (κ3) is 3.58. The Balaban J connectivity index is 1.89. The predicted molar refractivity (Wildman–Crippen MR) is 73.4 cm³/mol. The summed E-state index contributed by atoms with van der Waals surface area (Å²) in [4.78, 5) is 2.05. The van der Waals surface area contributed by atoms with Gasteiger partial charge >= 0.3 is 11.2 Å². The van der Waals surface area contributed by atoms with Gasteiger partial charge in [-0.05, 0) is 12.1 Å². The number of nitrogens with zero attached hydrogens (tertiary/aromatic N) is 2. The van der Waals surface area contributed by atoms with Gasteiger partial charge < -0.3 is 4.90 Å². The number of piperazine rings is 1. The number of rotatable bonds is 4. The molecule has 112 valence electrons. The van der Waals surface area contributed by atoms with Gasteiger partial charge in [-0.1, -0.05) is 18.2 Å². The summed E-state index contributed by atoms with van der Waals surface area (Å²) in [6, 6.07) is 9.60. The van der Waals surface area contributed by atoms with Crippen molar-refractivity contribution in [2.45, 2.75) is 18.1 Å². The van der Waals surface area contributed by atoms with Gasteiger partial charge in [0, 0.05) is 50.7 Å². The Bertz CT molecular complexity index is 428. The third-order valence-electron chi connectivity index (χ3n) is 3.11. The monoisotopic (exact) mass is 308 g/mol. The summed E-state index contributed by atoms with van der Waals surface area (Å²) in [5, 5.41) is -4.07. The van der Waals surface area contributed by atoms with E-state index < -0.39 is 11.2 Å². The Kier molecular flexibility index (Phi) is 4.49. The van der Waals surface area contributed by atoms with Crippen LogP contribution in [0.4, 0.5) is 23.2 Å². The molecule has 1 heterocycles. The van der Waals surface area contributed by atoms with Crippen molar-refractivity contribution in [3.05, 3.63) is 30.3 Å². The number of benzene rings is 1. The van der Waals surface area contributed by atoms with E-state index >= 15 is 0 Å². The maximum Gasteiger partial charge on any atom is 0.369 e. The van der Waals surface area contributed by atoms with E-state index in [9.17, 15) is 17.6 Å². The minimum absolute atomic E-state index is 0.0497. The molecule has 1 aliphatic rings. The maximum atomic E-state index is 13.3. The normalized spacial score (nSPS) is 18.4. The summed E-state index contributed by atoms with van der Waals surface area (Å²) in [5.41, 5.74) is 1.02. The van der Waals surface area contributed by atoms with Gasteiger partial charge in [0.05, 0.1) is 0 Å². The van der Waals surface area contributed by atoms with E-state index in [-0.39, 0.29) is 18.9 Å². The molecule has 0 atom stereocenters. The van der Waals surface area contributed by atoms with Crippen LogP contribution in [-0.2, 0) is 0 Å². The molecule has 7 heteroatoms. The minimum atomic E-state index is -4.07. The highest BCUT2D eigenvalue weighted by molar-refractivity contribution is 7.98.